The second-order valence-electron chi connectivity index (χ2n) is 5.28. The van der Waals surface area contributed by atoms with Gasteiger partial charge in [-0.15, -0.1) is 11.1 Å². The number of nitrogens with zero attached hydrogens (tertiary/aromatic N) is 3. The van der Waals surface area contributed by atoms with Gasteiger partial charge in [0, 0.05) is 11.6 Å². The van der Waals surface area contributed by atoms with Crippen molar-refractivity contribution in [3.63, 3.8) is 0 Å². The molecule has 0 saturated heterocycles. The molecule has 2 aromatic carbocycles. The van der Waals surface area contributed by atoms with Gasteiger partial charge in [-0.1, -0.05) is 24.1 Å². The van der Waals surface area contributed by atoms with Crippen LogP contribution in [0, 0.1) is 22.5 Å². The molecule has 0 radical (unpaired) electrons. The third-order valence-corrected chi connectivity index (χ3v) is 3.62. The van der Waals surface area contributed by atoms with E-state index in [0.29, 0.717) is 10.2 Å². The van der Waals surface area contributed by atoms with Gasteiger partial charge < -0.3 is 9.72 Å². The summed E-state index contributed by atoms with van der Waals surface area (Å²) in [7, 11) is 0. The van der Waals surface area contributed by atoms with E-state index >= 15 is 0 Å². The number of hydrogen-bond donors (Lipinski definition) is 1. The average molecular weight is 364 g/mol. The Morgan fingerprint density at radius 1 is 1.26 bits per heavy atom. The number of nitro groups is 1. The van der Waals surface area contributed by atoms with Crippen LogP contribution in [-0.4, -0.2) is 27.4 Å². The van der Waals surface area contributed by atoms with Crippen molar-refractivity contribution in [2.24, 2.45) is 5.10 Å². The quantitative estimate of drug-likeness (QED) is 0.318. The molecule has 0 fully saturated rings. The molecule has 1 aromatic heterocycles. The van der Waals surface area contributed by atoms with Crippen LogP contribution >= 0.6 is 0 Å². The summed E-state index contributed by atoms with van der Waals surface area (Å²) < 4.78 is 5.89. The lowest BCUT2D eigenvalue weighted by molar-refractivity contribution is -0.385. The molecule has 134 valence electrons. The van der Waals surface area contributed by atoms with Crippen LogP contribution in [-0.2, 0) is 0 Å². The number of terminal acetylenes is 1. The molecule has 0 aliphatic carbocycles. The minimum atomic E-state index is -0.744. The van der Waals surface area contributed by atoms with Crippen LogP contribution in [0.15, 0.2) is 57.2 Å². The number of ether oxygens (including phenoxy) is 1. The Morgan fingerprint density at radius 2 is 2.04 bits per heavy atom. The molecule has 0 aliphatic rings. The highest BCUT2D eigenvalue weighted by atomic mass is 16.6. The minimum absolute atomic E-state index is 0.102. The van der Waals surface area contributed by atoms with Crippen LogP contribution in [0.4, 0.5) is 5.69 Å². The lowest BCUT2D eigenvalue weighted by Gasteiger charge is -2.07. The lowest BCUT2D eigenvalue weighted by atomic mass is 10.2. The number of nitrogens with one attached hydrogen (secondary N) is 1. The maximum Gasteiger partial charge on any atom is 0.349 e. The fraction of sp³-hybridized carbons (Fsp3) is 0.0556. The van der Waals surface area contributed by atoms with E-state index in [4.69, 9.17) is 11.2 Å². The number of rotatable bonds is 5. The molecule has 0 spiro atoms. The van der Waals surface area contributed by atoms with Gasteiger partial charge >= 0.3 is 11.4 Å². The molecule has 1 N–H and O–H groups in total. The summed E-state index contributed by atoms with van der Waals surface area (Å²) >= 11 is 0. The van der Waals surface area contributed by atoms with Crippen molar-refractivity contribution >= 4 is 22.8 Å². The minimum Gasteiger partial charge on any atom is -0.473 e. The van der Waals surface area contributed by atoms with Crippen molar-refractivity contribution in [1.82, 2.24) is 9.66 Å². The van der Waals surface area contributed by atoms with Crippen LogP contribution in [0.2, 0.25) is 0 Å². The fourth-order valence-corrected chi connectivity index (χ4v) is 2.44. The highest BCUT2D eigenvalue weighted by Gasteiger charge is 2.18. The number of benzene rings is 2. The first kappa shape index (κ1) is 17.6. The first-order valence-electron chi connectivity index (χ1n) is 7.65. The summed E-state index contributed by atoms with van der Waals surface area (Å²) in [6.07, 6.45) is 6.27. The Balaban J connectivity index is 2.12. The van der Waals surface area contributed by atoms with Crippen molar-refractivity contribution in [2.75, 3.05) is 6.61 Å². The highest BCUT2D eigenvalue weighted by Crippen LogP contribution is 2.29. The Labute approximate surface area is 151 Å². The van der Waals surface area contributed by atoms with E-state index in [0.717, 1.165) is 6.21 Å². The molecule has 9 heteroatoms. The molecule has 0 bridgehead atoms. The van der Waals surface area contributed by atoms with Gasteiger partial charge in [-0.05, 0) is 18.2 Å². The van der Waals surface area contributed by atoms with Gasteiger partial charge in [0.05, 0.1) is 22.0 Å². The van der Waals surface area contributed by atoms with E-state index in [9.17, 15) is 19.7 Å². The van der Waals surface area contributed by atoms with Crippen LogP contribution in [0.1, 0.15) is 5.56 Å². The summed E-state index contributed by atoms with van der Waals surface area (Å²) in [4.78, 5) is 37.7. The Hall–Kier alpha value is -4.19. The molecule has 3 aromatic rings. The average Bonchev–Trinajstić information content (AvgIpc) is 2.66. The number of para-hydroxylation sites is 2. The SMILES string of the molecule is C#CCOc1c(C=Nn2c(=O)[nH]c3ccccc3c2=O)cccc1[N+](=O)[O-]. The lowest BCUT2D eigenvalue weighted by Crippen LogP contribution is -2.32. The maximum absolute atomic E-state index is 12.5. The van der Waals surface area contributed by atoms with E-state index in [2.05, 4.69) is 16.0 Å². The summed E-state index contributed by atoms with van der Waals surface area (Å²) in [6.45, 7) is -0.192. The van der Waals surface area contributed by atoms with Crippen LogP contribution in [0.3, 0.4) is 0 Å². The first-order chi connectivity index (χ1) is 13.0. The fourth-order valence-electron chi connectivity index (χ4n) is 2.44. The predicted octanol–water partition coefficient (Wildman–Crippen LogP) is 1.49. The number of nitro benzene ring substituents is 1. The molecule has 0 unspecified atom stereocenters. The third-order valence-electron chi connectivity index (χ3n) is 3.62. The van der Waals surface area contributed by atoms with E-state index in [-0.39, 0.29) is 29.0 Å². The van der Waals surface area contributed by atoms with Crippen LogP contribution < -0.4 is 16.0 Å². The molecule has 0 aliphatic heterocycles. The van der Waals surface area contributed by atoms with Gasteiger partial charge in [0.15, 0.2) is 0 Å². The van der Waals surface area contributed by atoms with Crippen molar-refractivity contribution in [1.29, 1.82) is 0 Å². The molecule has 0 saturated carbocycles. The zero-order valence-electron chi connectivity index (χ0n) is 13.8. The standard InChI is InChI=1S/C18H12N4O5/c1-2-10-27-16-12(6-5-9-15(16)22(25)26)11-19-21-17(23)13-7-3-4-8-14(13)20-18(21)24/h1,3-9,11H,10H2,(H,20,24). The normalized spacial score (nSPS) is 10.8. The second-order valence-corrected chi connectivity index (χ2v) is 5.28. The predicted molar refractivity (Wildman–Crippen MR) is 99.2 cm³/mol. The summed E-state index contributed by atoms with van der Waals surface area (Å²) in [5.41, 5.74) is -1.10. The second kappa shape index (κ2) is 7.37. The smallest absolute Gasteiger partial charge is 0.349 e. The topological polar surface area (TPSA) is 120 Å². The first-order valence-corrected chi connectivity index (χ1v) is 7.65. The number of aromatic amines is 1. The summed E-state index contributed by atoms with van der Waals surface area (Å²) in [5.74, 6) is 2.12. The molecule has 0 amide bonds. The maximum atomic E-state index is 12.5. The van der Waals surface area contributed by atoms with Gasteiger partial charge in [-0.25, -0.2) is 4.79 Å². The van der Waals surface area contributed by atoms with Gasteiger partial charge in [0.2, 0.25) is 5.75 Å². The summed E-state index contributed by atoms with van der Waals surface area (Å²) in [5, 5.41) is 15.3. The van der Waals surface area contributed by atoms with Crippen LogP contribution in [0.5, 0.6) is 5.75 Å². The Kier molecular flexibility index (Phi) is 4.81. The van der Waals surface area contributed by atoms with Crippen LogP contribution in [0.25, 0.3) is 10.9 Å². The van der Waals surface area contributed by atoms with Gasteiger partial charge in [-0.2, -0.15) is 5.10 Å². The van der Waals surface area contributed by atoms with Crippen molar-refractivity contribution in [3.8, 4) is 18.1 Å². The van der Waals surface area contributed by atoms with Crippen molar-refractivity contribution < 1.29 is 9.66 Å². The number of aromatic nitrogens is 2. The molecular weight excluding hydrogens is 352 g/mol. The van der Waals surface area contributed by atoms with Gasteiger partial charge in [0.1, 0.15) is 6.61 Å². The molecular formula is C18H12N4O5. The highest BCUT2D eigenvalue weighted by molar-refractivity contribution is 5.86. The Morgan fingerprint density at radius 3 is 2.78 bits per heavy atom. The molecule has 0 atom stereocenters. The van der Waals surface area contributed by atoms with E-state index in [1.54, 1.807) is 24.3 Å². The molecule has 3 rings (SSSR count). The monoisotopic (exact) mass is 364 g/mol. The molecule has 1 heterocycles. The summed E-state index contributed by atoms with van der Waals surface area (Å²) in [6, 6.07) is 10.6. The zero-order chi connectivity index (χ0) is 19.4. The van der Waals surface area contributed by atoms with Crippen molar-refractivity contribution in [2.45, 2.75) is 0 Å². The van der Waals surface area contributed by atoms with E-state index in [1.807, 2.05) is 0 Å². The van der Waals surface area contributed by atoms with E-state index in [1.165, 1.54) is 18.2 Å². The van der Waals surface area contributed by atoms with Crippen molar-refractivity contribution in [3.05, 3.63) is 79.0 Å². The third kappa shape index (κ3) is 3.45. The Bertz CT molecular complexity index is 1220. The largest absolute Gasteiger partial charge is 0.473 e. The van der Waals surface area contributed by atoms with Gasteiger partial charge in [-0.3, -0.25) is 14.9 Å². The molecule has 27 heavy (non-hydrogen) atoms. The number of fused-ring (bicyclic) bond motifs is 1. The zero-order valence-corrected chi connectivity index (χ0v) is 13.8. The van der Waals surface area contributed by atoms with Gasteiger partial charge in [0.25, 0.3) is 5.56 Å². The number of H-pyrrole nitrogens is 1. The van der Waals surface area contributed by atoms with E-state index < -0.39 is 16.2 Å². The number of hydrogen-bond acceptors (Lipinski definition) is 6. The molecule has 9 nitrogen and oxygen atoms in total.